The zero-order valence-electron chi connectivity index (χ0n) is 10.9. The smallest absolute Gasteiger partial charge is 0.190 e. The molecule has 0 bridgehead atoms. The number of aromatic nitrogens is 1. The highest BCUT2D eigenvalue weighted by molar-refractivity contribution is 7.22. The number of hydrogen-bond donors (Lipinski definition) is 1. The number of aryl methyl sites for hydroxylation is 1. The molecule has 4 heteroatoms. The van der Waals surface area contributed by atoms with Gasteiger partial charge in [-0.05, 0) is 37.3 Å². The van der Waals surface area contributed by atoms with Crippen LogP contribution < -0.4 is 10.6 Å². The first-order chi connectivity index (χ1) is 9.13. The first-order valence-corrected chi connectivity index (χ1v) is 6.91. The summed E-state index contributed by atoms with van der Waals surface area (Å²) in [6.45, 7) is 2.09. The molecule has 19 heavy (non-hydrogen) atoms. The minimum Gasteiger partial charge on any atom is -0.399 e. The van der Waals surface area contributed by atoms with Gasteiger partial charge in [0, 0.05) is 18.4 Å². The summed E-state index contributed by atoms with van der Waals surface area (Å²) < 4.78 is 1.12. The summed E-state index contributed by atoms with van der Waals surface area (Å²) >= 11 is 1.65. The van der Waals surface area contributed by atoms with E-state index >= 15 is 0 Å². The molecule has 3 nitrogen and oxygen atoms in total. The van der Waals surface area contributed by atoms with E-state index < -0.39 is 0 Å². The van der Waals surface area contributed by atoms with Gasteiger partial charge in [0.05, 0.1) is 10.2 Å². The standard InChI is InChI=1S/C15H15N3S/c1-10-3-6-12(7-4-10)18(2)15-17-13-8-5-11(16)9-14(13)19-15/h3-9H,16H2,1-2H3. The Labute approximate surface area is 116 Å². The molecule has 0 unspecified atom stereocenters. The molecule has 0 amide bonds. The number of nitrogen functional groups attached to an aromatic ring is 1. The van der Waals surface area contributed by atoms with Gasteiger partial charge in [-0.25, -0.2) is 4.98 Å². The van der Waals surface area contributed by atoms with Crippen LogP contribution in [0.4, 0.5) is 16.5 Å². The molecule has 0 aliphatic carbocycles. The van der Waals surface area contributed by atoms with E-state index in [-0.39, 0.29) is 0 Å². The Bertz CT molecular complexity index is 716. The number of hydrogen-bond acceptors (Lipinski definition) is 4. The average Bonchev–Trinajstić information content (AvgIpc) is 2.81. The monoisotopic (exact) mass is 269 g/mol. The normalized spacial score (nSPS) is 10.8. The second kappa shape index (κ2) is 4.55. The van der Waals surface area contributed by atoms with Crippen molar-refractivity contribution in [3.63, 3.8) is 0 Å². The molecule has 0 fully saturated rings. The Kier molecular flexibility index (Phi) is 2.87. The van der Waals surface area contributed by atoms with Gasteiger partial charge in [0.15, 0.2) is 5.13 Å². The Morgan fingerprint density at radius 1 is 1.11 bits per heavy atom. The Morgan fingerprint density at radius 3 is 2.58 bits per heavy atom. The lowest BCUT2D eigenvalue weighted by atomic mass is 10.2. The van der Waals surface area contributed by atoms with E-state index in [4.69, 9.17) is 5.73 Å². The SMILES string of the molecule is Cc1ccc(N(C)c2nc3ccc(N)cc3s2)cc1. The topological polar surface area (TPSA) is 42.2 Å². The van der Waals surface area contributed by atoms with Crippen molar-refractivity contribution in [2.45, 2.75) is 6.92 Å². The summed E-state index contributed by atoms with van der Waals surface area (Å²) in [7, 11) is 2.03. The van der Waals surface area contributed by atoms with Crippen LogP contribution in [-0.4, -0.2) is 12.0 Å². The highest BCUT2D eigenvalue weighted by atomic mass is 32.1. The zero-order valence-corrected chi connectivity index (χ0v) is 11.7. The number of rotatable bonds is 2. The molecule has 0 aliphatic rings. The molecular formula is C15H15N3S. The maximum Gasteiger partial charge on any atom is 0.190 e. The average molecular weight is 269 g/mol. The van der Waals surface area contributed by atoms with E-state index in [2.05, 4.69) is 41.1 Å². The van der Waals surface area contributed by atoms with Gasteiger partial charge in [-0.1, -0.05) is 29.0 Å². The van der Waals surface area contributed by atoms with Crippen LogP contribution in [0.5, 0.6) is 0 Å². The number of nitrogens with zero attached hydrogens (tertiary/aromatic N) is 2. The van der Waals surface area contributed by atoms with Gasteiger partial charge in [0.25, 0.3) is 0 Å². The fourth-order valence-corrected chi connectivity index (χ4v) is 2.95. The van der Waals surface area contributed by atoms with Crippen molar-refractivity contribution >= 4 is 38.1 Å². The third-order valence-electron chi connectivity index (χ3n) is 3.11. The van der Waals surface area contributed by atoms with Crippen LogP contribution in [0.15, 0.2) is 42.5 Å². The number of thiazole rings is 1. The van der Waals surface area contributed by atoms with Gasteiger partial charge in [0.2, 0.25) is 0 Å². The molecule has 0 saturated carbocycles. The van der Waals surface area contributed by atoms with E-state index in [9.17, 15) is 0 Å². The highest BCUT2D eigenvalue weighted by Gasteiger charge is 2.10. The third-order valence-corrected chi connectivity index (χ3v) is 4.20. The third kappa shape index (κ3) is 2.27. The van der Waals surface area contributed by atoms with Crippen LogP contribution in [-0.2, 0) is 0 Å². The molecule has 1 aromatic heterocycles. The fraction of sp³-hybridized carbons (Fsp3) is 0.133. The van der Waals surface area contributed by atoms with E-state index in [1.165, 1.54) is 5.56 Å². The lowest BCUT2D eigenvalue weighted by Crippen LogP contribution is -2.08. The van der Waals surface area contributed by atoms with Crippen LogP contribution in [0.1, 0.15) is 5.56 Å². The van der Waals surface area contributed by atoms with Crippen LogP contribution in [0, 0.1) is 6.92 Å². The fourth-order valence-electron chi connectivity index (χ4n) is 1.95. The Morgan fingerprint density at radius 2 is 1.84 bits per heavy atom. The van der Waals surface area contributed by atoms with Gasteiger partial charge >= 0.3 is 0 Å². The molecule has 3 aromatic rings. The Balaban J connectivity index is 2.01. The number of fused-ring (bicyclic) bond motifs is 1. The molecule has 0 radical (unpaired) electrons. The van der Waals surface area contributed by atoms with Crippen molar-refractivity contribution in [1.82, 2.24) is 4.98 Å². The van der Waals surface area contributed by atoms with E-state index in [0.717, 1.165) is 26.7 Å². The van der Waals surface area contributed by atoms with E-state index in [1.54, 1.807) is 11.3 Å². The van der Waals surface area contributed by atoms with Crippen molar-refractivity contribution in [3.8, 4) is 0 Å². The molecule has 1 heterocycles. The predicted molar refractivity (Wildman–Crippen MR) is 83.3 cm³/mol. The predicted octanol–water partition coefficient (Wildman–Crippen LogP) is 3.95. The van der Waals surface area contributed by atoms with Gasteiger partial charge in [-0.15, -0.1) is 0 Å². The second-order valence-electron chi connectivity index (χ2n) is 4.62. The van der Waals surface area contributed by atoms with E-state index in [0.29, 0.717) is 0 Å². The van der Waals surface area contributed by atoms with Crippen LogP contribution in [0.3, 0.4) is 0 Å². The maximum atomic E-state index is 5.80. The number of benzene rings is 2. The lowest BCUT2D eigenvalue weighted by Gasteiger charge is -2.15. The number of nitrogens with two attached hydrogens (primary N) is 1. The maximum absolute atomic E-state index is 5.80. The second-order valence-corrected chi connectivity index (χ2v) is 5.63. The van der Waals surface area contributed by atoms with Gasteiger partial charge in [-0.2, -0.15) is 0 Å². The van der Waals surface area contributed by atoms with Crippen LogP contribution in [0.2, 0.25) is 0 Å². The molecule has 2 N–H and O–H groups in total. The number of anilines is 3. The van der Waals surface area contributed by atoms with Crippen molar-refractivity contribution in [3.05, 3.63) is 48.0 Å². The first kappa shape index (κ1) is 12.0. The molecule has 0 saturated heterocycles. The van der Waals surface area contributed by atoms with Crippen molar-refractivity contribution in [1.29, 1.82) is 0 Å². The zero-order chi connectivity index (χ0) is 13.4. The van der Waals surface area contributed by atoms with Gasteiger partial charge in [-0.3, -0.25) is 0 Å². The summed E-state index contributed by atoms with van der Waals surface area (Å²) in [6.07, 6.45) is 0. The molecule has 96 valence electrons. The molecule has 0 aliphatic heterocycles. The molecule has 0 atom stereocenters. The van der Waals surface area contributed by atoms with Crippen LogP contribution >= 0.6 is 11.3 Å². The largest absolute Gasteiger partial charge is 0.399 e. The van der Waals surface area contributed by atoms with Gasteiger partial charge < -0.3 is 10.6 Å². The minimum atomic E-state index is 0.778. The first-order valence-electron chi connectivity index (χ1n) is 6.10. The highest BCUT2D eigenvalue weighted by Crippen LogP contribution is 2.33. The minimum absolute atomic E-state index is 0.778. The van der Waals surface area contributed by atoms with Crippen LogP contribution in [0.25, 0.3) is 10.2 Å². The molecule has 3 rings (SSSR count). The Hall–Kier alpha value is -2.07. The summed E-state index contributed by atoms with van der Waals surface area (Å²) in [4.78, 5) is 6.74. The quantitative estimate of drug-likeness (QED) is 0.716. The summed E-state index contributed by atoms with van der Waals surface area (Å²) in [6, 6.07) is 14.3. The van der Waals surface area contributed by atoms with E-state index in [1.807, 2.05) is 25.2 Å². The summed E-state index contributed by atoms with van der Waals surface area (Å²) in [5.41, 5.74) is 9.97. The van der Waals surface area contributed by atoms with Crippen molar-refractivity contribution < 1.29 is 0 Å². The van der Waals surface area contributed by atoms with Crippen molar-refractivity contribution in [2.24, 2.45) is 0 Å². The summed E-state index contributed by atoms with van der Waals surface area (Å²) in [5, 5.41) is 0.976. The molecule has 0 spiro atoms. The summed E-state index contributed by atoms with van der Waals surface area (Å²) in [5.74, 6) is 0. The lowest BCUT2D eigenvalue weighted by molar-refractivity contribution is 1.18. The molecule has 2 aromatic carbocycles. The molecular weight excluding hydrogens is 254 g/mol. The van der Waals surface area contributed by atoms with Gasteiger partial charge in [0.1, 0.15) is 0 Å². The van der Waals surface area contributed by atoms with Crippen molar-refractivity contribution in [2.75, 3.05) is 17.7 Å².